The average Bonchev–Trinajstić information content (AvgIpc) is 2.56. The summed E-state index contributed by atoms with van der Waals surface area (Å²) >= 11 is 3.39. The molecule has 0 N–H and O–H groups in total. The van der Waals surface area contributed by atoms with Crippen LogP contribution in [0.15, 0.2) is 70.5 Å². The fourth-order valence-corrected chi connectivity index (χ4v) is 3.92. The molecule has 0 unspecified atom stereocenters. The van der Waals surface area contributed by atoms with E-state index >= 15 is 0 Å². The monoisotopic (exact) mass is 318 g/mol. The summed E-state index contributed by atoms with van der Waals surface area (Å²) < 4.78 is 4.92. The van der Waals surface area contributed by atoms with Crippen LogP contribution in [-0.4, -0.2) is 24.6 Å². The largest absolute Gasteiger partial charge is 0.469 e. The van der Waals surface area contributed by atoms with Crippen molar-refractivity contribution in [3.8, 4) is 0 Å². The van der Waals surface area contributed by atoms with E-state index in [1.54, 1.807) is 23.5 Å². The highest BCUT2D eigenvalue weighted by Crippen LogP contribution is 2.26. The van der Waals surface area contributed by atoms with Crippen LogP contribution in [0.1, 0.15) is 0 Å². The zero-order valence-electron chi connectivity index (χ0n) is 11.9. The van der Waals surface area contributed by atoms with Crippen molar-refractivity contribution >= 4 is 29.5 Å². The quantitative estimate of drug-likeness (QED) is 0.560. The smallest absolute Gasteiger partial charge is 0.310 e. The molecule has 0 amide bonds. The van der Waals surface area contributed by atoms with E-state index < -0.39 is 0 Å². The summed E-state index contributed by atoms with van der Waals surface area (Å²) in [7, 11) is 1.45. The van der Waals surface area contributed by atoms with Crippen molar-refractivity contribution in [2.75, 3.05) is 18.6 Å². The van der Waals surface area contributed by atoms with Crippen LogP contribution in [0.2, 0.25) is 0 Å². The van der Waals surface area contributed by atoms with E-state index in [0.29, 0.717) is 0 Å². The molecule has 110 valence electrons. The Morgan fingerprint density at radius 3 is 1.71 bits per heavy atom. The van der Waals surface area contributed by atoms with Crippen LogP contribution in [-0.2, 0) is 9.53 Å². The van der Waals surface area contributed by atoms with E-state index in [1.165, 1.54) is 16.9 Å². The summed E-state index contributed by atoms with van der Waals surface area (Å²) in [4.78, 5) is 14.3. The molecule has 0 atom stereocenters. The summed E-state index contributed by atoms with van der Waals surface area (Å²) in [5, 5.41) is 0. The lowest BCUT2D eigenvalue weighted by Crippen LogP contribution is -2.21. The fourth-order valence-electron chi connectivity index (χ4n) is 1.78. The van der Waals surface area contributed by atoms with Gasteiger partial charge < -0.3 is 4.74 Å². The maximum absolute atomic E-state index is 11.9. The standard InChI is InChI=1S/C17H18O2S2/c1-19-17(18)14(12-20-15-8-4-2-5-9-15)13-21-16-10-6-3-7-11-16/h2-11,14H,12-13H2,1H3. The van der Waals surface area contributed by atoms with Crippen LogP contribution >= 0.6 is 23.5 Å². The minimum absolute atomic E-state index is 0.106. The second-order valence-corrected chi connectivity index (χ2v) is 6.66. The predicted octanol–water partition coefficient (Wildman–Crippen LogP) is 4.36. The van der Waals surface area contributed by atoms with Crippen LogP contribution < -0.4 is 0 Å². The van der Waals surface area contributed by atoms with Gasteiger partial charge in [-0.1, -0.05) is 36.4 Å². The first-order valence-corrected chi connectivity index (χ1v) is 8.70. The molecule has 0 radical (unpaired) electrons. The molecule has 0 aromatic heterocycles. The summed E-state index contributed by atoms with van der Waals surface area (Å²) in [6, 6.07) is 20.3. The van der Waals surface area contributed by atoms with Gasteiger partial charge in [0, 0.05) is 21.3 Å². The van der Waals surface area contributed by atoms with Crippen molar-refractivity contribution in [3.63, 3.8) is 0 Å². The first-order valence-electron chi connectivity index (χ1n) is 6.73. The van der Waals surface area contributed by atoms with Gasteiger partial charge in [0.1, 0.15) is 0 Å². The van der Waals surface area contributed by atoms with E-state index in [4.69, 9.17) is 4.74 Å². The Hall–Kier alpha value is -1.39. The number of thioether (sulfide) groups is 2. The predicted molar refractivity (Wildman–Crippen MR) is 89.8 cm³/mol. The number of benzene rings is 2. The lowest BCUT2D eigenvalue weighted by Gasteiger charge is -2.14. The van der Waals surface area contributed by atoms with Crippen LogP contribution in [0.3, 0.4) is 0 Å². The van der Waals surface area contributed by atoms with Gasteiger partial charge in [-0.05, 0) is 24.3 Å². The molecular weight excluding hydrogens is 300 g/mol. The Labute approximate surface area is 134 Å². The van der Waals surface area contributed by atoms with Crippen LogP contribution in [0.4, 0.5) is 0 Å². The Morgan fingerprint density at radius 1 is 0.905 bits per heavy atom. The van der Waals surface area contributed by atoms with E-state index in [2.05, 4.69) is 24.3 Å². The number of rotatable bonds is 7. The molecule has 0 spiro atoms. The number of carbonyl (C=O) groups excluding carboxylic acids is 1. The molecule has 0 heterocycles. The zero-order valence-corrected chi connectivity index (χ0v) is 13.5. The molecule has 0 aliphatic carbocycles. The van der Waals surface area contributed by atoms with E-state index in [9.17, 15) is 4.79 Å². The number of methoxy groups -OCH3 is 1. The van der Waals surface area contributed by atoms with Gasteiger partial charge in [-0.15, -0.1) is 23.5 Å². The van der Waals surface area contributed by atoms with E-state index in [0.717, 1.165) is 11.5 Å². The topological polar surface area (TPSA) is 26.3 Å². The molecule has 2 rings (SSSR count). The zero-order chi connectivity index (χ0) is 14.9. The Balaban J connectivity index is 1.90. The first-order chi connectivity index (χ1) is 10.3. The maximum Gasteiger partial charge on any atom is 0.310 e. The lowest BCUT2D eigenvalue weighted by atomic mass is 10.2. The molecule has 21 heavy (non-hydrogen) atoms. The summed E-state index contributed by atoms with van der Waals surface area (Å²) in [5.41, 5.74) is 0. The van der Waals surface area contributed by atoms with Gasteiger partial charge in [0.05, 0.1) is 13.0 Å². The van der Waals surface area contributed by atoms with Gasteiger partial charge in [-0.2, -0.15) is 0 Å². The number of esters is 1. The van der Waals surface area contributed by atoms with Crippen LogP contribution in [0, 0.1) is 5.92 Å². The van der Waals surface area contributed by atoms with Crippen molar-refractivity contribution < 1.29 is 9.53 Å². The van der Waals surface area contributed by atoms with Crippen molar-refractivity contribution in [1.82, 2.24) is 0 Å². The van der Waals surface area contributed by atoms with Crippen LogP contribution in [0.5, 0.6) is 0 Å². The Kier molecular flexibility index (Phi) is 6.70. The van der Waals surface area contributed by atoms with Crippen molar-refractivity contribution in [2.45, 2.75) is 9.79 Å². The minimum Gasteiger partial charge on any atom is -0.469 e. The maximum atomic E-state index is 11.9. The highest BCUT2D eigenvalue weighted by molar-refractivity contribution is 8.00. The highest BCUT2D eigenvalue weighted by atomic mass is 32.2. The van der Waals surface area contributed by atoms with Gasteiger partial charge >= 0.3 is 5.97 Å². The third-order valence-corrected chi connectivity index (χ3v) is 5.27. The molecule has 0 fully saturated rings. The molecule has 0 bridgehead atoms. The van der Waals surface area contributed by atoms with Crippen molar-refractivity contribution in [1.29, 1.82) is 0 Å². The second kappa shape index (κ2) is 8.80. The lowest BCUT2D eigenvalue weighted by molar-refractivity contribution is -0.143. The number of ether oxygens (including phenoxy) is 1. The van der Waals surface area contributed by atoms with Crippen molar-refractivity contribution in [2.24, 2.45) is 5.92 Å². The first kappa shape index (κ1) is 16.0. The Bertz CT molecular complexity index is 500. The molecule has 4 heteroatoms. The Morgan fingerprint density at radius 2 is 1.33 bits per heavy atom. The van der Waals surface area contributed by atoms with E-state index in [1.807, 2.05) is 36.4 Å². The molecule has 0 saturated heterocycles. The highest BCUT2D eigenvalue weighted by Gasteiger charge is 2.19. The number of hydrogen-bond donors (Lipinski definition) is 0. The SMILES string of the molecule is COC(=O)C(CSc1ccccc1)CSc1ccccc1. The summed E-state index contributed by atoms with van der Waals surface area (Å²) in [6.07, 6.45) is 0. The third kappa shape index (κ3) is 5.48. The minimum atomic E-state index is -0.137. The average molecular weight is 318 g/mol. The molecule has 2 aromatic carbocycles. The molecule has 0 aliphatic heterocycles. The molecular formula is C17H18O2S2. The summed E-state index contributed by atoms with van der Waals surface area (Å²) in [6.45, 7) is 0. The van der Waals surface area contributed by atoms with Gasteiger partial charge in [0.15, 0.2) is 0 Å². The van der Waals surface area contributed by atoms with Gasteiger partial charge in [0.25, 0.3) is 0 Å². The van der Waals surface area contributed by atoms with Crippen LogP contribution in [0.25, 0.3) is 0 Å². The molecule has 0 aliphatic rings. The third-order valence-electron chi connectivity index (χ3n) is 2.92. The van der Waals surface area contributed by atoms with E-state index in [-0.39, 0.29) is 11.9 Å². The second-order valence-electron chi connectivity index (χ2n) is 4.47. The number of hydrogen-bond acceptors (Lipinski definition) is 4. The van der Waals surface area contributed by atoms with Gasteiger partial charge in [-0.25, -0.2) is 0 Å². The molecule has 2 nitrogen and oxygen atoms in total. The normalized spacial score (nSPS) is 10.6. The fraction of sp³-hybridized carbons (Fsp3) is 0.235. The molecule has 0 saturated carbocycles. The number of carbonyl (C=O) groups is 1. The summed E-state index contributed by atoms with van der Waals surface area (Å²) in [5.74, 6) is 1.22. The van der Waals surface area contributed by atoms with Gasteiger partial charge in [-0.3, -0.25) is 4.79 Å². The molecule has 2 aromatic rings. The van der Waals surface area contributed by atoms with Crippen molar-refractivity contribution in [3.05, 3.63) is 60.7 Å². The van der Waals surface area contributed by atoms with Gasteiger partial charge in [0.2, 0.25) is 0 Å².